The van der Waals surface area contributed by atoms with Gasteiger partial charge in [0.25, 0.3) is 5.91 Å². The van der Waals surface area contributed by atoms with Gasteiger partial charge in [0.05, 0.1) is 12.7 Å². The van der Waals surface area contributed by atoms with Crippen LogP contribution in [-0.2, 0) is 0 Å². The van der Waals surface area contributed by atoms with Crippen LogP contribution in [0.25, 0.3) is 0 Å². The topological polar surface area (TPSA) is 88.2 Å². The molecule has 0 atom stereocenters. The lowest BCUT2D eigenvalue weighted by molar-refractivity contribution is 0.0795. The SMILES string of the molecule is COc1ccc(Cl)cc1C(=O)N(C)CC/C(N)=N/O. The van der Waals surface area contributed by atoms with Gasteiger partial charge in [0.2, 0.25) is 0 Å². The van der Waals surface area contributed by atoms with Crippen LogP contribution in [0.2, 0.25) is 5.02 Å². The molecule has 0 aliphatic heterocycles. The van der Waals surface area contributed by atoms with Gasteiger partial charge in [0.1, 0.15) is 11.6 Å². The zero-order valence-electron chi connectivity index (χ0n) is 10.8. The molecule has 0 saturated heterocycles. The van der Waals surface area contributed by atoms with Gasteiger partial charge in [-0.2, -0.15) is 0 Å². The molecule has 0 fully saturated rings. The van der Waals surface area contributed by atoms with Gasteiger partial charge in [-0.3, -0.25) is 4.79 Å². The van der Waals surface area contributed by atoms with Gasteiger partial charge in [-0.15, -0.1) is 0 Å². The van der Waals surface area contributed by atoms with Crippen molar-refractivity contribution in [3.8, 4) is 5.75 Å². The molecule has 0 saturated carbocycles. The Balaban J connectivity index is 2.84. The monoisotopic (exact) mass is 285 g/mol. The van der Waals surface area contributed by atoms with E-state index in [1.165, 1.54) is 12.0 Å². The maximum atomic E-state index is 12.2. The lowest BCUT2D eigenvalue weighted by Gasteiger charge is -2.18. The standard InChI is InChI=1S/C12H16ClN3O3/c1-16(6-5-11(14)15-18)12(17)9-7-8(13)3-4-10(9)19-2/h3-4,7,18H,5-6H2,1-2H3,(H2,14,15). The van der Waals surface area contributed by atoms with Gasteiger partial charge in [0, 0.05) is 25.0 Å². The summed E-state index contributed by atoms with van der Waals surface area (Å²) in [4.78, 5) is 13.7. The molecule has 0 aromatic heterocycles. The van der Waals surface area contributed by atoms with Gasteiger partial charge in [-0.25, -0.2) is 0 Å². The summed E-state index contributed by atoms with van der Waals surface area (Å²) in [7, 11) is 3.10. The summed E-state index contributed by atoms with van der Waals surface area (Å²) >= 11 is 5.87. The number of hydrogen-bond donors (Lipinski definition) is 2. The lowest BCUT2D eigenvalue weighted by Crippen LogP contribution is -2.30. The van der Waals surface area contributed by atoms with E-state index >= 15 is 0 Å². The number of rotatable bonds is 5. The van der Waals surface area contributed by atoms with E-state index in [0.717, 1.165) is 0 Å². The summed E-state index contributed by atoms with van der Waals surface area (Å²) < 4.78 is 5.12. The zero-order chi connectivity index (χ0) is 14.4. The van der Waals surface area contributed by atoms with E-state index in [2.05, 4.69) is 5.16 Å². The Labute approximate surface area is 116 Å². The molecule has 7 heteroatoms. The van der Waals surface area contributed by atoms with Crippen molar-refractivity contribution in [2.75, 3.05) is 20.7 Å². The summed E-state index contributed by atoms with van der Waals surface area (Å²) in [5, 5.41) is 11.7. The number of oxime groups is 1. The minimum Gasteiger partial charge on any atom is -0.496 e. The number of methoxy groups -OCH3 is 1. The maximum Gasteiger partial charge on any atom is 0.257 e. The van der Waals surface area contributed by atoms with E-state index in [1.807, 2.05) is 0 Å². The number of carbonyl (C=O) groups excluding carboxylic acids is 1. The Hall–Kier alpha value is -1.95. The number of amides is 1. The third-order valence-electron chi connectivity index (χ3n) is 2.57. The van der Waals surface area contributed by atoms with Gasteiger partial charge < -0.3 is 20.6 Å². The smallest absolute Gasteiger partial charge is 0.257 e. The highest BCUT2D eigenvalue weighted by atomic mass is 35.5. The van der Waals surface area contributed by atoms with Gasteiger partial charge >= 0.3 is 0 Å². The van der Waals surface area contributed by atoms with Gasteiger partial charge in [-0.05, 0) is 18.2 Å². The van der Waals surface area contributed by atoms with E-state index in [4.69, 9.17) is 27.3 Å². The normalized spacial score (nSPS) is 11.2. The van der Waals surface area contributed by atoms with E-state index in [0.29, 0.717) is 22.9 Å². The third-order valence-corrected chi connectivity index (χ3v) is 2.81. The van der Waals surface area contributed by atoms with E-state index in [-0.39, 0.29) is 18.2 Å². The van der Waals surface area contributed by atoms with Gasteiger partial charge in [0.15, 0.2) is 0 Å². The summed E-state index contributed by atoms with van der Waals surface area (Å²) in [6, 6.07) is 4.82. The summed E-state index contributed by atoms with van der Waals surface area (Å²) in [6.45, 7) is 0.324. The Morgan fingerprint density at radius 1 is 1.58 bits per heavy atom. The zero-order valence-corrected chi connectivity index (χ0v) is 11.5. The van der Waals surface area contributed by atoms with Crippen molar-refractivity contribution >= 4 is 23.3 Å². The molecule has 0 bridgehead atoms. The van der Waals surface area contributed by atoms with Crippen LogP contribution < -0.4 is 10.5 Å². The van der Waals surface area contributed by atoms with Crippen molar-refractivity contribution < 1.29 is 14.7 Å². The second-order valence-electron chi connectivity index (χ2n) is 3.91. The number of carbonyl (C=O) groups is 1. The van der Waals surface area contributed by atoms with Crippen LogP contribution in [-0.4, -0.2) is 42.6 Å². The molecule has 19 heavy (non-hydrogen) atoms. The molecule has 0 radical (unpaired) electrons. The summed E-state index contributed by atoms with van der Waals surface area (Å²) in [6.07, 6.45) is 0.279. The largest absolute Gasteiger partial charge is 0.496 e. The first-order valence-electron chi connectivity index (χ1n) is 5.55. The maximum absolute atomic E-state index is 12.2. The fourth-order valence-corrected chi connectivity index (χ4v) is 1.66. The molecule has 1 rings (SSSR count). The number of ether oxygens (including phenoxy) is 1. The Kier molecular flexibility index (Phi) is 5.44. The van der Waals surface area contributed by atoms with Crippen molar-refractivity contribution in [3.63, 3.8) is 0 Å². The number of benzene rings is 1. The summed E-state index contributed by atoms with van der Waals surface area (Å²) in [5.74, 6) is 0.271. The van der Waals surface area contributed by atoms with E-state index in [9.17, 15) is 4.79 Å². The number of amidine groups is 1. The highest BCUT2D eigenvalue weighted by Crippen LogP contribution is 2.23. The fraction of sp³-hybridized carbons (Fsp3) is 0.333. The van der Waals surface area contributed by atoms with Crippen LogP contribution in [0.15, 0.2) is 23.4 Å². The predicted molar refractivity (Wildman–Crippen MR) is 73.0 cm³/mol. The van der Waals surface area contributed by atoms with Crippen LogP contribution >= 0.6 is 11.6 Å². The highest BCUT2D eigenvalue weighted by Gasteiger charge is 2.17. The molecular weight excluding hydrogens is 270 g/mol. The highest BCUT2D eigenvalue weighted by molar-refractivity contribution is 6.31. The molecule has 0 unspecified atom stereocenters. The Morgan fingerprint density at radius 2 is 2.26 bits per heavy atom. The first-order valence-corrected chi connectivity index (χ1v) is 5.92. The molecule has 3 N–H and O–H groups in total. The molecule has 0 aliphatic carbocycles. The Morgan fingerprint density at radius 3 is 2.84 bits per heavy atom. The third kappa shape index (κ3) is 4.03. The van der Waals surface area contributed by atoms with Crippen molar-refractivity contribution in [1.29, 1.82) is 0 Å². The first kappa shape index (κ1) is 15.1. The average molecular weight is 286 g/mol. The second-order valence-corrected chi connectivity index (χ2v) is 4.35. The fourth-order valence-electron chi connectivity index (χ4n) is 1.49. The van der Waals surface area contributed by atoms with Crippen LogP contribution in [0.5, 0.6) is 5.75 Å². The average Bonchev–Trinajstić information content (AvgIpc) is 2.43. The number of nitrogens with zero attached hydrogens (tertiary/aromatic N) is 2. The van der Waals surface area contributed by atoms with E-state index < -0.39 is 0 Å². The van der Waals surface area contributed by atoms with Crippen LogP contribution in [0.1, 0.15) is 16.8 Å². The van der Waals surface area contributed by atoms with Gasteiger partial charge in [-0.1, -0.05) is 16.8 Å². The van der Waals surface area contributed by atoms with Crippen LogP contribution in [0, 0.1) is 0 Å². The molecule has 6 nitrogen and oxygen atoms in total. The molecule has 0 aliphatic rings. The number of halogens is 1. The van der Waals surface area contributed by atoms with Crippen molar-refractivity contribution in [2.45, 2.75) is 6.42 Å². The molecular formula is C12H16ClN3O3. The molecule has 0 heterocycles. The molecule has 1 amide bonds. The van der Waals surface area contributed by atoms with Crippen LogP contribution in [0.4, 0.5) is 0 Å². The quantitative estimate of drug-likeness (QED) is 0.372. The molecule has 1 aromatic carbocycles. The molecule has 1 aromatic rings. The minimum atomic E-state index is -0.245. The second kappa shape index (κ2) is 6.84. The van der Waals surface area contributed by atoms with Crippen LogP contribution in [0.3, 0.4) is 0 Å². The first-order chi connectivity index (χ1) is 8.99. The molecule has 0 spiro atoms. The lowest BCUT2D eigenvalue weighted by atomic mass is 10.1. The molecule has 104 valence electrons. The van der Waals surface area contributed by atoms with Crippen molar-refractivity contribution in [3.05, 3.63) is 28.8 Å². The Bertz CT molecular complexity index is 491. The summed E-state index contributed by atoms with van der Waals surface area (Å²) in [5.41, 5.74) is 5.73. The minimum absolute atomic E-state index is 0.0673. The predicted octanol–water partition coefficient (Wildman–Crippen LogP) is 1.56. The number of hydrogen-bond acceptors (Lipinski definition) is 4. The van der Waals surface area contributed by atoms with Crippen molar-refractivity contribution in [2.24, 2.45) is 10.9 Å². The van der Waals surface area contributed by atoms with E-state index in [1.54, 1.807) is 25.2 Å². The van der Waals surface area contributed by atoms with Crippen molar-refractivity contribution in [1.82, 2.24) is 4.90 Å². The number of nitrogens with two attached hydrogens (primary N) is 1.